The molecule has 4 aromatic rings. The molecule has 0 fully saturated rings. The van der Waals surface area contributed by atoms with Crippen LogP contribution in [0.5, 0.6) is 0 Å². The third-order valence-electron chi connectivity index (χ3n) is 7.00. The number of benzene rings is 2. The Morgan fingerprint density at radius 2 is 1.55 bits per heavy atom. The summed E-state index contributed by atoms with van der Waals surface area (Å²) < 4.78 is 30.4. The van der Waals surface area contributed by atoms with Gasteiger partial charge in [-0.05, 0) is 99.0 Å². The zero-order chi connectivity index (χ0) is 28.1. The summed E-state index contributed by atoms with van der Waals surface area (Å²) in [4.78, 5) is 9.73. The van der Waals surface area contributed by atoms with Crippen molar-refractivity contribution in [2.75, 3.05) is 11.6 Å². The lowest BCUT2D eigenvalue weighted by Gasteiger charge is -2.26. The maximum absolute atomic E-state index is 13.4. The van der Waals surface area contributed by atoms with Crippen molar-refractivity contribution in [3.8, 4) is 0 Å². The minimum absolute atomic E-state index is 0.208. The minimum Gasteiger partial charge on any atom is -0.391 e. The third-order valence-corrected chi connectivity index (χ3v) is 13.2. The Morgan fingerprint density at radius 1 is 0.925 bits per heavy atom. The Bertz CT molecular complexity index is 1360. The molecule has 0 bridgehead atoms. The van der Waals surface area contributed by atoms with E-state index in [2.05, 4.69) is 69.6 Å². The number of aliphatic hydroxyl groups is 1. The molecule has 2 unspecified atom stereocenters. The number of nitrogens with zero attached hydrogens (tertiary/aromatic N) is 3. The molecule has 0 saturated carbocycles. The maximum atomic E-state index is 13.4. The van der Waals surface area contributed by atoms with Gasteiger partial charge in [0, 0.05) is 37.6 Å². The molecule has 2 heterocycles. The van der Waals surface area contributed by atoms with Gasteiger partial charge >= 0.3 is 0 Å². The summed E-state index contributed by atoms with van der Waals surface area (Å²) in [6.45, 7) is 5.37. The lowest BCUT2D eigenvalue weighted by molar-refractivity contribution is 0.153. The molecular formula is C30H31F2N4OPS2. The van der Waals surface area contributed by atoms with Crippen molar-refractivity contribution < 1.29 is 13.9 Å². The van der Waals surface area contributed by atoms with Crippen LogP contribution in [0.1, 0.15) is 40.8 Å². The molecule has 0 amide bonds. The molecular weight excluding hydrogens is 565 g/mol. The van der Waals surface area contributed by atoms with Gasteiger partial charge in [-0.1, -0.05) is 49.4 Å². The lowest BCUT2D eigenvalue weighted by Crippen LogP contribution is -2.24. The number of rotatable bonds is 11. The average molecular weight is 597 g/mol. The van der Waals surface area contributed by atoms with Crippen LogP contribution in [-0.4, -0.2) is 27.8 Å². The zero-order valence-electron chi connectivity index (χ0n) is 22.3. The maximum Gasteiger partial charge on any atom is 0.212 e. The smallest absolute Gasteiger partial charge is 0.212 e. The molecule has 1 aliphatic carbocycles. The fraction of sp³-hybridized carbons (Fsp3) is 0.267. The Hall–Kier alpha value is -2.55. The van der Waals surface area contributed by atoms with Crippen LogP contribution in [0.4, 0.5) is 14.5 Å². The van der Waals surface area contributed by atoms with E-state index < -0.39 is 25.1 Å². The topological polar surface area (TPSA) is 61.3 Å². The lowest BCUT2D eigenvalue weighted by atomic mass is 10.1. The molecule has 0 spiro atoms. The molecule has 2 aromatic carbocycles. The summed E-state index contributed by atoms with van der Waals surface area (Å²) in [5, 5.41) is 12.3. The number of halogens is 2. The summed E-state index contributed by atoms with van der Waals surface area (Å²) in [7, 11) is 2.97. The molecule has 5 rings (SSSR count). The van der Waals surface area contributed by atoms with E-state index >= 15 is 0 Å². The number of anilines is 1. The first-order chi connectivity index (χ1) is 19.4. The Balaban J connectivity index is 1.32. The fourth-order valence-electron chi connectivity index (χ4n) is 4.74. The van der Waals surface area contributed by atoms with Crippen LogP contribution in [0.3, 0.4) is 0 Å². The van der Waals surface area contributed by atoms with E-state index in [-0.39, 0.29) is 6.04 Å². The normalized spacial score (nSPS) is 17.0. The van der Waals surface area contributed by atoms with E-state index in [1.165, 1.54) is 35.4 Å². The molecule has 10 heteroatoms. The predicted octanol–water partition coefficient (Wildman–Crippen LogP) is 6.72. The van der Waals surface area contributed by atoms with Crippen molar-refractivity contribution in [3.05, 3.63) is 119 Å². The summed E-state index contributed by atoms with van der Waals surface area (Å²) in [5.41, 5.74) is 6.15. The van der Waals surface area contributed by atoms with Crippen LogP contribution < -0.4 is 14.9 Å². The molecule has 1 aliphatic rings. The first-order valence-electron chi connectivity index (χ1n) is 13.1. The highest BCUT2D eigenvalue weighted by atomic mass is 33.3. The van der Waals surface area contributed by atoms with Gasteiger partial charge in [-0.3, -0.25) is 0 Å². The Kier molecular flexibility index (Phi) is 9.71. The second-order valence-electron chi connectivity index (χ2n) is 9.76. The van der Waals surface area contributed by atoms with Gasteiger partial charge in [0.05, 0.1) is 12.1 Å². The quantitative estimate of drug-likeness (QED) is 0.0863. The van der Waals surface area contributed by atoms with Crippen molar-refractivity contribution in [3.63, 3.8) is 0 Å². The largest absolute Gasteiger partial charge is 0.391 e. The summed E-state index contributed by atoms with van der Waals surface area (Å²) in [6.07, 6.45) is 4.15. The molecule has 40 heavy (non-hydrogen) atoms. The van der Waals surface area contributed by atoms with E-state index in [1.54, 1.807) is 33.5 Å². The van der Waals surface area contributed by atoms with E-state index in [9.17, 15) is 13.9 Å². The summed E-state index contributed by atoms with van der Waals surface area (Å²) >= 11 is 0. The predicted molar refractivity (Wildman–Crippen MR) is 164 cm³/mol. The van der Waals surface area contributed by atoms with E-state index in [1.807, 2.05) is 6.07 Å². The van der Waals surface area contributed by atoms with Gasteiger partial charge in [0.2, 0.25) is 11.9 Å². The molecule has 2 aromatic heterocycles. The third kappa shape index (κ3) is 7.20. The van der Waals surface area contributed by atoms with Crippen LogP contribution in [0.25, 0.3) is 0 Å². The molecule has 0 aliphatic heterocycles. The Labute approximate surface area is 242 Å². The van der Waals surface area contributed by atoms with Crippen molar-refractivity contribution in [2.45, 2.75) is 45.0 Å². The van der Waals surface area contributed by atoms with Crippen LogP contribution in [0.2, 0.25) is 0 Å². The number of aliphatic hydroxyl groups excluding tert-OH is 1. The van der Waals surface area contributed by atoms with E-state index in [4.69, 9.17) is 0 Å². The highest BCUT2D eigenvalue weighted by Gasteiger charge is 2.32. The second-order valence-corrected chi connectivity index (χ2v) is 15.8. The van der Waals surface area contributed by atoms with Crippen molar-refractivity contribution in [1.82, 2.24) is 14.7 Å². The van der Waals surface area contributed by atoms with Crippen molar-refractivity contribution in [1.29, 1.82) is 0 Å². The van der Waals surface area contributed by atoms with Gasteiger partial charge in [0.15, 0.2) is 0 Å². The fourth-order valence-corrected chi connectivity index (χ4v) is 9.50. The number of pyridine rings is 2. The number of fused-ring (bicyclic) bond motifs is 1. The van der Waals surface area contributed by atoms with Gasteiger partial charge in [0.25, 0.3) is 0 Å². The monoisotopic (exact) mass is 596 g/mol. The van der Waals surface area contributed by atoms with Gasteiger partial charge in [-0.15, -0.1) is 0 Å². The molecule has 208 valence electrons. The van der Waals surface area contributed by atoms with Gasteiger partial charge in [0.1, 0.15) is 0 Å². The first kappa shape index (κ1) is 29.0. The highest BCUT2D eigenvalue weighted by molar-refractivity contribution is 8.99. The van der Waals surface area contributed by atoms with Gasteiger partial charge < -0.3 is 10.0 Å². The van der Waals surface area contributed by atoms with Crippen molar-refractivity contribution in [2.24, 2.45) is 0 Å². The number of aromatic nitrogens is 2. The van der Waals surface area contributed by atoms with Crippen LogP contribution >= 0.6 is 28.5 Å². The SMILES string of the molecule is CCc1ccc(P(C)SSNC2c3cc(N(Cc4ccc(F)nc4)Cc4ccc(F)nc4)ccc3C[C@H]2O)cc1. The second kappa shape index (κ2) is 13.4. The molecule has 5 nitrogen and oxygen atoms in total. The summed E-state index contributed by atoms with van der Waals surface area (Å²) in [5.74, 6) is -1.05. The van der Waals surface area contributed by atoms with Crippen molar-refractivity contribution >= 4 is 39.5 Å². The number of hydrogen-bond acceptors (Lipinski definition) is 7. The first-order valence-corrected chi connectivity index (χ1v) is 17.6. The van der Waals surface area contributed by atoms with Crippen LogP contribution in [-0.2, 0) is 25.9 Å². The Morgan fingerprint density at radius 3 is 2.12 bits per heavy atom. The number of nitrogens with one attached hydrogen (secondary N) is 1. The molecule has 0 saturated heterocycles. The number of hydrogen-bond donors (Lipinski definition) is 2. The highest BCUT2D eigenvalue weighted by Crippen LogP contribution is 2.52. The van der Waals surface area contributed by atoms with E-state index in [0.717, 1.165) is 34.4 Å². The number of aryl methyl sites for hydroxylation is 1. The van der Waals surface area contributed by atoms with Crippen LogP contribution in [0, 0.1) is 11.9 Å². The average Bonchev–Trinajstić information content (AvgIpc) is 3.29. The standard InChI is InChI=1S/C30H31F2N4OPS2/c1-3-20-4-10-25(11-5-20)38(2)40-39-35-30-26-15-24(9-8-23(26)14-27(30)37)36(18-21-6-12-28(31)33-16-21)19-22-7-13-29(32)34-17-22/h4-13,15-17,27,30,35,37H,3,14,18-19H2,1-2H3/t27-,30?,38?/m1/s1. The van der Waals surface area contributed by atoms with E-state index in [0.29, 0.717) is 19.5 Å². The molecule has 0 radical (unpaired) electrons. The van der Waals surface area contributed by atoms with Crippen LogP contribution in [0.15, 0.2) is 79.1 Å². The molecule has 2 N–H and O–H groups in total. The molecule has 3 atom stereocenters. The summed E-state index contributed by atoms with van der Waals surface area (Å²) in [6, 6.07) is 21.0. The minimum atomic E-state index is -0.527. The van der Waals surface area contributed by atoms with Gasteiger partial charge in [-0.2, -0.15) is 8.78 Å². The van der Waals surface area contributed by atoms with Gasteiger partial charge in [-0.25, -0.2) is 14.7 Å². The zero-order valence-corrected chi connectivity index (χ0v) is 24.8.